The van der Waals surface area contributed by atoms with Crippen LogP contribution in [0.5, 0.6) is 0 Å². The van der Waals surface area contributed by atoms with Crippen LogP contribution in [0.3, 0.4) is 0 Å². The molecule has 0 saturated carbocycles. The summed E-state index contributed by atoms with van der Waals surface area (Å²) >= 11 is 0. The fourth-order valence-corrected chi connectivity index (χ4v) is 3.84. The number of rotatable bonds is 9. The number of ketones is 1. The maximum absolute atomic E-state index is 12.5. The Balaban J connectivity index is 0.00000320. The molecule has 2 saturated heterocycles. The number of piperidine rings is 1. The normalized spacial score (nSPS) is 20.8. The van der Waals surface area contributed by atoms with Gasteiger partial charge in [-0.25, -0.2) is 18.2 Å². The molecule has 1 aromatic rings. The minimum Gasteiger partial charge on any atom is -0.724 e. The fourth-order valence-electron chi connectivity index (χ4n) is 3.46. The molecule has 13 nitrogen and oxygen atoms in total. The van der Waals surface area contributed by atoms with Crippen LogP contribution in [0.4, 0.5) is 4.79 Å². The number of hydrogen-bond donors (Lipinski definition) is 2. The van der Waals surface area contributed by atoms with Crippen LogP contribution in [-0.4, -0.2) is 87.1 Å². The molecule has 0 aromatic carbocycles. The van der Waals surface area contributed by atoms with Crippen molar-refractivity contribution in [3.05, 3.63) is 18.2 Å². The Hall–Kier alpha value is -1.55. The number of Topliss-reactive ketones (excluding diaryl/α,β-unsaturated/α-hetero) is 1. The molecular weight excluding hydrogens is 433 g/mol. The van der Waals surface area contributed by atoms with Crippen molar-refractivity contribution in [1.82, 2.24) is 24.8 Å². The molecule has 0 aliphatic carbocycles. The van der Waals surface area contributed by atoms with Gasteiger partial charge in [0, 0.05) is 25.4 Å². The number of nitrogens with zero attached hydrogens (tertiary/aromatic N) is 4. The number of aliphatic hydroxyl groups is 1. The van der Waals surface area contributed by atoms with Crippen molar-refractivity contribution >= 4 is 28.1 Å². The number of urea groups is 1. The van der Waals surface area contributed by atoms with Gasteiger partial charge in [-0.3, -0.25) is 9.59 Å². The number of imidazole rings is 1. The quantitative estimate of drug-likeness (QED) is 0.210. The Kier molecular flexibility index (Phi) is 8.38. The first kappa shape index (κ1) is 24.7. The number of amides is 3. The Labute approximate surface area is 194 Å². The maximum atomic E-state index is 12.5. The summed E-state index contributed by atoms with van der Waals surface area (Å²) in [4.78, 5) is 42.0. The molecule has 2 atom stereocenters. The number of hydroxylamine groups is 2. The standard InChI is InChI=1S/C15H21N5O8S.Na/c21-6-3-13-16-4-5-18(13)9-11(22)7-17-14(23)12-2-1-10-8-19(12)15(24)20(10)28-29(25,26)27;/h4-5,10,12,21H,1-3,6-9H2,(H,17,23)(H,25,26,27);/q;+1/p-1/t10-,12+;/m1./s1. The minimum atomic E-state index is -5.11. The van der Waals surface area contributed by atoms with Crippen LogP contribution in [-0.2, 0) is 37.2 Å². The van der Waals surface area contributed by atoms with Gasteiger partial charge in [0.15, 0.2) is 5.78 Å². The number of aromatic nitrogens is 2. The number of carbonyl (C=O) groups is 3. The zero-order valence-corrected chi connectivity index (χ0v) is 19.1. The molecule has 160 valence electrons. The molecule has 15 heteroatoms. The molecule has 2 fully saturated rings. The molecule has 1 aromatic heterocycles. The van der Waals surface area contributed by atoms with Crippen molar-refractivity contribution in [3.8, 4) is 0 Å². The van der Waals surface area contributed by atoms with Gasteiger partial charge in [-0.15, -0.1) is 0 Å². The molecule has 0 unspecified atom stereocenters. The third-order valence-electron chi connectivity index (χ3n) is 4.74. The molecule has 2 aliphatic heterocycles. The summed E-state index contributed by atoms with van der Waals surface area (Å²) in [6, 6.07) is -2.42. The van der Waals surface area contributed by atoms with Crippen LogP contribution in [0.1, 0.15) is 18.7 Å². The second kappa shape index (κ2) is 10.2. The molecule has 30 heavy (non-hydrogen) atoms. The van der Waals surface area contributed by atoms with E-state index in [1.807, 2.05) is 0 Å². The van der Waals surface area contributed by atoms with Crippen LogP contribution in [0.25, 0.3) is 0 Å². The Bertz CT molecular complexity index is 907. The molecule has 2 N–H and O–H groups in total. The van der Waals surface area contributed by atoms with E-state index in [0.717, 1.165) is 4.90 Å². The van der Waals surface area contributed by atoms with E-state index in [1.165, 1.54) is 6.20 Å². The predicted molar refractivity (Wildman–Crippen MR) is 92.6 cm³/mol. The largest absolute Gasteiger partial charge is 1.00 e. The fraction of sp³-hybridized carbons (Fsp3) is 0.600. The molecule has 0 spiro atoms. The summed E-state index contributed by atoms with van der Waals surface area (Å²) in [5, 5.41) is 11.9. The van der Waals surface area contributed by atoms with Crippen molar-refractivity contribution in [1.29, 1.82) is 0 Å². The second-order valence-electron chi connectivity index (χ2n) is 6.69. The number of carbonyl (C=O) groups excluding carboxylic acids is 3. The molecule has 3 amide bonds. The second-order valence-corrected chi connectivity index (χ2v) is 7.66. The molecular formula is C15H20N5NaO8S. The number of fused-ring (bicyclic) bond motifs is 2. The van der Waals surface area contributed by atoms with Gasteiger partial charge in [-0.05, 0) is 12.8 Å². The maximum Gasteiger partial charge on any atom is 1.00 e. The topological polar surface area (TPSA) is 174 Å². The van der Waals surface area contributed by atoms with Crippen LogP contribution in [0.15, 0.2) is 12.4 Å². The summed E-state index contributed by atoms with van der Waals surface area (Å²) in [5.41, 5.74) is 0. The van der Waals surface area contributed by atoms with Crippen molar-refractivity contribution < 1.29 is 66.3 Å². The number of hydrogen-bond acceptors (Lipinski definition) is 9. The number of nitrogens with one attached hydrogen (secondary N) is 1. The van der Waals surface area contributed by atoms with E-state index in [0.29, 0.717) is 17.3 Å². The van der Waals surface area contributed by atoms with Crippen molar-refractivity contribution in [2.24, 2.45) is 0 Å². The zero-order valence-electron chi connectivity index (χ0n) is 16.3. The van der Waals surface area contributed by atoms with E-state index in [2.05, 4.69) is 14.6 Å². The van der Waals surface area contributed by atoms with Crippen LogP contribution in [0.2, 0.25) is 0 Å². The van der Waals surface area contributed by atoms with Crippen molar-refractivity contribution in [2.45, 2.75) is 37.9 Å². The van der Waals surface area contributed by atoms with Gasteiger partial charge in [-0.2, -0.15) is 9.35 Å². The number of aliphatic hydroxyl groups excluding tert-OH is 1. The average Bonchev–Trinajstić information content (AvgIpc) is 3.17. The monoisotopic (exact) mass is 453 g/mol. The van der Waals surface area contributed by atoms with Crippen molar-refractivity contribution in [2.75, 3.05) is 19.7 Å². The average molecular weight is 453 g/mol. The molecule has 3 rings (SSSR count). The molecule has 3 heterocycles. The third kappa shape index (κ3) is 5.78. The SMILES string of the molecule is O=C(CNC(=O)[C@@H]1CC[C@@H]2CN1C(=O)N2OS(=O)(=O)[O-])Cn1ccnc1CCO.[Na+]. The zero-order chi connectivity index (χ0) is 21.2. The van der Waals surface area contributed by atoms with E-state index in [1.54, 1.807) is 10.8 Å². The summed E-state index contributed by atoms with van der Waals surface area (Å²) in [5.74, 6) is -0.320. The van der Waals surface area contributed by atoms with Gasteiger partial charge >= 0.3 is 35.6 Å². The van der Waals surface area contributed by atoms with Crippen LogP contribution in [0, 0.1) is 0 Å². The first-order valence-corrected chi connectivity index (χ1v) is 10.2. The van der Waals surface area contributed by atoms with E-state index in [-0.39, 0.29) is 74.4 Å². The van der Waals surface area contributed by atoms with Gasteiger partial charge in [0.2, 0.25) is 16.3 Å². The van der Waals surface area contributed by atoms with Gasteiger partial charge in [0.25, 0.3) is 0 Å². The summed E-state index contributed by atoms with van der Waals surface area (Å²) in [6.45, 7) is -0.372. The molecule has 2 bridgehead atoms. The van der Waals surface area contributed by atoms with Crippen molar-refractivity contribution in [3.63, 3.8) is 0 Å². The molecule has 0 radical (unpaired) electrons. The Morgan fingerprint density at radius 2 is 2.10 bits per heavy atom. The van der Waals surface area contributed by atoms with Gasteiger partial charge in [0.05, 0.1) is 25.7 Å². The first-order chi connectivity index (χ1) is 13.7. The van der Waals surface area contributed by atoms with E-state index < -0.39 is 34.4 Å². The van der Waals surface area contributed by atoms with Gasteiger partial charge < -0.3 is 24.4 Å². The minimum absolute atomic E-state index is 0. The summed E-state index contributed by atoms with van der Waals surface area (Å²) in [7, 11) is -5.11. The van der Waals surface area contributed by atoms with E-state index in [4.69, 9.17) is 5.11 Å². The van der Waals surface area contributed by atoms with Crippen LogP contribution >= 0.6 is 0 Å². The van der Waals surface area contributed by atoms with Gasteiger partial charge in [-0.1, -0.05) is 0 Å². The van der Waals surface area contributed by atoms with E-state index >= 15 is 0 Å². The summed E-state index contributed by atoms with van der Waals surface area (Å²) in [6.07, 6.45) is 3.89. The molecule has 2 aliphatic rings. The van der Waals surface area contributed by atoms with E-state index in [9.17, 15) is 27.4 Å². The van der Waals surface area contributed by atoms with Crippen LogP contribution < -0.4 is 34.9 Å². The first-order valence-electron chi connectivity index (χ1n) is 8.85. The predicted octanol–water partition coefficient (Wildman–Crippen LogP) is -5.23. The Morgan fingerprint density at radius 3 is 2.77 bits per heavy atom. The third-order valence-corrected chi connectivity index (χ3v) is 5.08. The summed E-state index contributed by atoms with van der Waals surface area (Å²) < 4.78 is 38.1. The van der Waals surface area contributed by atoms with Gasteiger partial charge in [0.1, 0.15) is 11.9 Å². The Morgan fingerprint density at radius 1 is 1.37 bits per heavy atom. The smallest absolute Gasteiger partial charge is 0.724 e.